The van der Waals surface area contributed by atoms with Crippen LogP contribution in [0.4, 0.5) is 4.39 Å². The standard InChI is InChI=1S/C15H21FN2O2.ClH/c1-11(20-14-7-3-5-12(16)9-14)15(19)18-8-4-6-13(10-18)17-2;/h3,5,7,9,11,13,17H,4,6,8,10H2,1-2H3;1H. The Kier molecular flexibility index (Phi) is 6.92. The van der Waals surface area contributed by atoms with E-state index in [1.807, 2.05) is 11.9 Å². The predicted octanol–water partition coefficient (Wildman–Crippen LogP) is 2.23. The Morgan fingerprint density at radius 2 is 2.29 bits per heavy atom. The molecule has 1 fully saturated rings. The van der Waals surface area contributed by atoms with Gasteiger partial charge in [-0.25, -0.2) is 4.39 Å². The first-order chi connectivity index (χ1) is 9.60. The Morgan fingerprint density at radius 1 is 1.52 bits per heavy atom. The van der Waals surface area contributed by atoms with Crippen LogP contribution in [0.1, 0.15) is 19.8 Å². The number of nitrogens with one attached hydrogen (secondary N) is 1. The molecule has 6 heteroatoms. The summed E-state index contributed by atoms with van der Waals surface area (Å²) in [5.41, 5.74) is 0. The van der Waals surface area contributed by atoms with Crippen molar-refractivity contribution in [3.05, 3.63) is 30.1 Å². The quantitative estimate of drug-likeness (QED) is 0.926. The second kappa shape index (κ2) is 8.20. The van der Waals surface area contributed by atoms with Gasteiger partial charge >= 0.3 is 0 Å². The molecule has 21 heavy (non-hydrogen) atoms. The van der Waals surface area contributed by atoms with Crippen molar-refractivity contribution in [1.82, 2.24) is 10.2 Å². The number of amides is 1. The zero-order chi connectivity index (χ0) is 14.5. The van der Waals surface area contributed by atoms with E-state index < -0.39 is 6.10 Å². The van der Waals surface area contributed by atoms with Gasteiger partial charge in [-0.15, -0.1) is 12.4 Å². The van der Waals surface area contributed by atoms with Crippen molar-refractivity contribution in [3.63, 3.8) is 0 Å². The number of likely N-dealkylation sites (N-methyl/N-ethyl adjacent to an activating group) is 1. The van der Waals surface area contributed by atoms with Crippen LogP contribution in [-0.2, 0) is 4.79 Å². The van der Waals surface area contributed by atoms with Crippen LogP contribution < -0.4 is 10.1 Å². The predicted molar refractivity (Wildman–Crippen MR) is 82.4 cm³/mol. The molecule has 0 aromatic heterocycles. The molecule has 0 radical (unpaired) electrons. The van der Waals surface area contributed by atoms with Crippen LogP contribution in [0.3, 0.4) is 0 Å². The van der Waals surface area contributed by atoms with E-state index in [4.69, 9.17) is 4.74 Å². The van der Waals surface area contributed by atoms with Crippen molar-refractivity contribution in [3.8, 4) is 5.75 Å². The van der Waals surface area contributed by atoms with Crippen LogP contribution in [0.15, 0.2) is 24.3 Å². The molecule has 4 nitrogen and oxygen atoms in total. The van der Waals surface area contributed by atoms with Crippen LogP contribution in [0.25, 0.3) is 0 Å². The van der Waals surface area contributed by atoms with E-state index in [0.29, 0.717) is 18.3 Å². The number of rotatable bonds is 4. The monoisotopic (exact) mass is 316 g/mol. The van der Waals surface area contributed by atoms with Gasteiger partial charge in [0.15, 0.2) is 6.10 Å². The summed E-state index contributed by atoms with van der Waals surface area (Å²) in [5.74, 6) is -0.0300. The van der Waals surface area contributed by atoms with E-state index in [9.17, 15) is 9.18 Å². The third-order valence-corrected chi connectivity index (χ3v) is 3.60. The summed E-state index contributed by atoms with van der Waals surface area (Å²) in [5, 5.41) is 3.20. The smallest absolute Gasteiger partial charge is 0.263 e. The minimum Gasteiger partial charge on any atom is -0.481 e. The Balaban J connectivity index is 0.00000220. The summed E-state index contributed by atoms with van der Waals surface area (Å²) in [6.45, 7) is 3.16. The lowest BCUT2D eigenvalue weighted by Crippen LogP contribution is -2.50. The fourth-order valence-corrected chi connectivity index (χ4v) is 2.46. The molecule has 1 aliphatic heterocycles. The summed E-state index contributed by atoms with van der Waals surface area (Å²) in [7, 11) is 1.91. The van der Waals surface area contributed by atoms with E-state index in [1.165, 1.54) is 12.1 Å². The highest BCUT2D eigenvalue weighted by Gasteiger charge is 2.27. The zero-order valence-corrected chi connectivity index (χ0v) is 13.2. The first-order valence-corrected chi connectivity index (χ1v) is 6.98. The van der Waals surface area contributed by atoms with Crippen LogP contribution in [0.2, 0.25) is 0 Å². The number of nitrogens with zero attached hydrogens (tertiary/aromatic N) is 1. The topological polar surface area (TPSA) is 41.6 Å². The summed E-state index contributed by atoms with van der Waals surface area (Å²) in [4.78, 5) is 14.1. The minimum absolute atomic E-state index is 0. The number of benzene rings is 1. The van der Waals surface area contributed by atoms with Gasteiger partial charge in [-0.2, -0.15) is 0 Å². The van der Waals surface area contributed by atoms with Crippen molar-refractivity contribution in [1.29, 1.82) is 0 Å². The molecule has 118 valence electrons. The first-order valence-electron chi connectivity index (χ1n) is 6.98. The van der Waals surface area contributed by atoms with Gasteiger partial charge in [0.1, 0.15) is 11.6 Å². The molecular formula is C15H22ClFN2O2. The first kappa shape index (κ1) is 17.7. The fourth-order valence-electron chi connectivity index (χ4n) is 2.46. The number of likely N-dealkylation sites (tertiary alicyclic amines) is 1. The van der Waals surface area contributed by atoms with Gasteiger partial charge in [0.05, 0.1) is 0 Å². The molecule has 0 saturated carbocycles. The average molecular weight is 317 g/mol. The number of hydrogen-bond donors (Lipinski definition) is 1. The van der Waals surface area contributed by atoms with E-state index in [2.05, 4.69) is 5.32 Å². The Labute approximate surface area is 131 Å². The van der Waals surface area contributed by atoms with Crippen molar-refractivity contribution in [2.75, 3.05) is 20.1 Å². The van der Waals surface area contributed by atoms with Gasteiger partial charge in [0.25, 0.3) is 5.91 Å². The highest BCUT2D eigenvalue weighted by Crippen LogP contribution is 2.16. The minimum atomic E-state index is -0.604. The van der Waals surface area contributed by atoms with Gasteiger partial charge in [-0.1, -0.05) is 6.07 Å². The van der Waals surface area contributed by atoms with Crippen LogP contribution in [0.5, 0.6) is 5.75 Å². The number of carbonyl (C=O) groups is 1. The van der Waals surface area contributed by atoms with Gasteiger partial charge in [0, 0.05) is 25.2 Å². The maximum absolute atomic E-state index is 13.1. The lowest BCUT2D eigenvalue weighted by atomic mass is 10.1. The summed E-state index contributed by atoms with van der Waals surface area (Å²) in [6, 6.07) is 6.20. The third kappa shape index (κ3) is 4.86. The normalized spacial score (nSPS) is 19.6. The average Bonchev–Trinajstić information content (AvgIpc) is 2.46. The second-order valence-electron chi connectivity index (χ2n) is 5.13. The van der Waals surface area contributed by atoms with E-state index in [-0.39, 0.29) is 24.1 Å². The fraction of sp³-hybridized carbons (Fsp3) is 0.533. The molecule has 1 N–H and O–H groups in total. The molecule has 1 saturated heterocycles. The Hall–Kier alpha value is -1.33. The molecule has 1 aliphatic rings. The summed E-state index contributed by atoms with van der Waals surface area (Å²) < 4.78 is 18.6. The number of carbonyl (C=O) groups excluding carboxylic acids is 1. The van der Waals surface area contributed by atoms with Gasteiger partial charge in [-0.3, -0.25) is 4.79 Å². The third-order valence-electron chi connectivity index (χ3n) is 3.60. The molecule has 2 rings (SSSR count). The molecular weight excluding hydrogens is 295 g/mol. The Morgan fingerprint density at radius 3 is 2.95 bits per heavy atom. The molecule has 1 aromatic rings. The maximum Gasteiger partial charge on any atom is 0.263 e. The van der Waals surface area contributed by atoms with E-state index >= 15 is 0 Å². The largest absolute Gasteiger partial charge is 0.481 e. The summed E-state index contributed by atoms with van der Waals surface area (Å²) in [6.07, 6.45) is 1.47. The van der Waals surface area contributed by atoms with Crippen molar-refractivity contribution < 1.29 is 13.9 Å². The highest BCUT2D eigenvalue weighted by atomic mass is 35.5. The van der Waals surface area contributed by atoms with Crippen LogP contribution in [0, 0.1) is 5.82 Å². The summed E-state index contributed by atoms with van der Waals surface area (Å²) >= 11 is 0. The van der Waals surface area contributed by atoms with E-state index in [0.717, 1.165) is 19.4 Å². The maximum atomic E-state index is 13.1. The number of hydrogen-bond acceptors (Lipinski definition) is 3. The highest BCUT2D eigenvalue weighted by molar-refractivity contribution is 5.85. The van der Waals surface area contributed by atoms with Crippen LogP contribution in [-0.4, -0.2) is 43.1 Å². The number of ether oxygens (including phenoxy) is 1. The molecule has 1 heterocycles. The van der Waals surface area contributed by atoms with E-state index in [1.54, 1.807) is 19.1 Å². The lowest BCUT2D eigenvalue weighted by molar-refractivity contribution is -0.139. The Bertz CT molecular complexity index is 473. The SMILES string of the molecule is CNC1CCCN(C(=O)C(C)Oc2cccc(F)c2)C1.Cl. The van der Waals surface area contributed by atoms with Crippen molar-refractivity contribution in [2.45, 2.75) is 31.9 Å². The van der Waals surface area contributed by atoms with Gasteiger partial charge in [0.2, 0.25) is 0 Å². The molecule has 0 aliphatic carbocycles. The second-order valence-corrected chi connectivity index (χ2v) is 5.13. The van der Waals surface area contributed by atoms with Crippen LogP contribution >= 0.6 is 12.4 Å². The van der Waals surface area contributed by atoms with Crippen molar-refractivity contribution >= 4 is 18.3 Å². The molecule has 0 bridgehead atoms. The molecule has 1 amide bonds. The van der Waals surface area contributed by atoms with Crippen molar-refractivity contribution in [2.24, 2.45) is 0 Å². The molecule has 1 aromatic carbocycles. The molecule has 0 spiro atoms. The molecule has 2 unspecified atom stereocenters. The number of halogens is 2. The van der Waals surface area contributed by atoms with Gasteiger partial charge < -0.3 is 15.0 Å². The molecule has 2 atom stereocenters. The zero-order valence-electron chi connectivity index (χ0n) is 12.3. The number of piperidine rings is 1. The lowest BCUT2D eigenvalue weighted by Gasteiger charge is -2.34. The van der Waals surface area contributed by atoms with Gasteiger partial charge in [-0.05, 0) is 38.9 Å².